The second-order valence-electron chi connectivity index (χ2n) is 7.29. The van der Waals surface area contributed by atoms with Crippen molar-refractivity contribution in [1.82, 2.24) is 19.5 Å². The summed E-state index contributed by atoms with van der Waals surface area (Å²) in [7, 11) is -3.34. The number of fused-ring (bicyclic) bond motifs is 1. The molecule has 1 fully saturated rings. The summed E-state index contributed by atoms with van der Waals surface area (Å²) in [4.78, 5) is 12.8. The molecular weight excluding hydrogens is 484 g/mol. The first-order chi connectivity index (χ1) is 12.6. The zero-order chi connectivity index (χ0) is 19.8. The third kappa shape index (κ3) is 5.17. The fourth-order valence-electron chi connectivity index (χ4n) is 2.78. The van der Waals surface area contributed by atoms with Gasteiger partial charge < -0.3 is 24.1 Å². The van der Waals surface area contributed by atoms with Crippen LogP contribution in [0.25, 0.3) is 11.2 Å². The third-order valence-corrected chi connectivity index (χ3v) is 6.66. The van der Waals surface area contributed by atoms with Gasteiger partial charge in [-0.05, 0) is 63.1 Å². The molecule has 27 heavy (non-hydrogen) atoms. The normalized spacial score (nSPS) is 16.6. The standard InChI is InChI=1S/C16H25IN5O4P/c1-10(2)25-27(23,26-11(3)4)9-24-16(5-6-16)7-22-8-19-12-13(17)20-15(18)21-14(12)22/h8,10-11H,5-7,9H2,1-4H3,(H2,18,20,21). The largest absolute Gasteiger partial charge is 0.368 e. The molecule has 2 heterocycles. The van der Waals surface area contributed by atoms with E-state index in [0.717, 1.165) is 12.8 Å². The van der Waals surface area contributed by atoms with Crippen molar-refractivity contribution in [2.24, 2.45) is 0 Å². The second-order valence-corrected chi connectivity index (χ2v) is 10.2. The average molecular weight is 509 g/mol. The molecular formula is C16H25IN5O4P. The number of hydrogen-bond donors (Lipinski definition) is 1. The fraction of sp³-hybridized carbons (Fsp3) is 0.688. The van der Waals surface area contributed by atoms with Gasteiger partial charge in [0.05, 0.1) is 30.7 Å². The first-order valence-electron chi connectivity index (χ1n) is 8.85. The van der Waals surface area contributed by atoms with Gasteiger partial charge in [-0.3, -0.25) is 4.57 Å². The number of halogens is 1. The minimum atomic E-state index is -3.34. The van der Waals surface area contributed by atoms with Crippen molar-refractivity contribution in [3.63, 3.8) is 0 Å². The molecule has 0 bridgehead atoms. The van der Waals surface area contributed by atoms with Crippen LogP contribution in [0, 0.1) is 3.70 Å². The van der Waals surface area contributed by atoms with Gasteiger partial charge in [-0.1, -0.05) is 0 Å². The van der Waals surface area contributed by atoms with E-state index in [1.54, 1.807) is 6.33 Å². The number of imidazole rings is 1. The van der Waals surface area contributed by atoms with Crippen LogP contribution in [0.2, 0.25) is 0 Å². The molecule has 0 atom stereocenters. The lowest BCUT2D eigenvalue weighted by molar-refractivity contribution is 0.0277. The Morgan fingerprint density at radius 1 is 1.26 bits per heavy atom. The minimum absolute atomic E-state index is 0.0787. The van der Waals surface area contributed by atoms with Crippen LogP contribution in [-0.2, 0) is 24.9 Å². The summed E-state index contributed by atoms with van der Waals surface area (Å²) in [5, 5.41) is 0. The minimum Gasteiger partial charge on any atom is -0.368 e. The molecule has 0 radical (unpaired) electrons. The van der Waals surface area contributed by atoms with Crippen molar-refractivity contribution >= 4 is 47.3 Å². The molecule has 2 N–H and O–H groups in total. The summed E-state index contributed by atoms with van der Waals surface area (Å²) in [6.45, 7) is 7.84. The zero-order valence-corrected chi connectivity index (χ0v) is 18.9. The maximum Gasteiger partial charge on any atom is 0.356 e. The summed E-state index contributed by atoms with van der Waals surface area (Å²) in [5.74, 6) is 0.208. The number of nitrogens with zero attached hydrogens (tertiary/aromatic N) is 4. The van der Waals surface area contributed by atoms with Gasteiger partial charge in [-0.15, -0.1) is 0 Å². The van der Waals surface area contributed by atoms with E-state index in [1.165, 1.54) is 0 Å². The molecule has 0 unspecified atom stereocenters. The summed E-state index contributed by atoms with van der Waals surface area (Å²) < 4.78 is 32.8. The lowest BCUT2D eigenvalue weighted by Crippen LogP contribution is -2.24. The highest BCUT2D eigenvalue weighted by Gasteiger charge is 2.47. The molecule has 0 saturated heterocycles. The number of ether oxygens (including phenoxy) is 1. The third-order valence-electron chi connectivity index (χ3n) is 3.98. The molecule has 3 rings (SSSR count). The Morgan fingerprint density at radius 3 is 2.44 bits per heavy atom. The van der Waals surface area contributed by atoms with E-state index in [4.69, 9.17) is 19.5 Å². The van der Waals surface area contributed by atoms with Gasteiger partial charge in [-0.2, -0.15) is 4.98 Å². The highest BCUT2D eigenvalue weighted by molar-refractivity contribution is 14.1. The van der Waals surface area contributed by atoms with Crippen LogP contribution in [0.4, 0.5) is 5.95 Å². The van der Waals surface area contributed by atoms with Gasteiger partial charge in [0.2, 0.25) is 5.95 Å². The highest BCUT2D eigenvalue weighted by atomic mass is 127. The van der Waals surface area contributed by atoms with Crippen LogP contribution in [0.1, 0.15) is 40.5 Å². The average Bonchev–Trinajstić information content (AvgIpc) is 3.18. The Bertz CT molecular complexity index is 854. The maximum absolute atomic E-state index is 13.0. The Morgan fingerprint density at radius 2 is 1.89 bits per heavy atom. The Kier molecular flexibility index (Phi) is 6.12. The predicted octanol–water partition coefficient (Wildman–Crippen LogP) is 3.56. The number of aromatic nitrogens is 4. The second kappa shape index (κ2) is 7.90. The van der Waals surface area contributed by atoms with E-state index in [-0.39, 0.29) is 24.5 Å². The topological polar surface area (TPSA) is 114 Å². The molecule has 0 aliphatic heterocycles. The number of nitrogen functional groups attached to an aromatic ring is 1. The van der Waals surface area contributed by atoms with Crippen molar-refractivity contribution < 1.29 is 18.3 Å². The molecule has 1 aliphatic carbocycles. The highest BCUT2D eigenvalue weighted by Crippen LogP contribution is 2.53. The van der Waals surface area contributed by atoms with Crippen molar-refractivity contribution in [2.75, 3.05) is 12.1 Å². The molecule has 11 heteroatoms. The van der Waals surface area contributed by atoms with E-state index < -0.39 is 13.2 Å². The fourth-order valence-corrected chi connectivity index (χ4v) is 5.30. The summed E-state index contributed by atoms with van der Waals surface area (Å²) in [5.41, 5.74) is 6.72. The maximum atomic E-state index is 13.0. The van der Waals surface area contributed by atoms with Crippen LogP contribution in [0.3, 0.4) is 0 Å². The predicted molar refractivity (Wildman–Crippen MR) is 110 cm³/mol. The van der Waals surface area contributed by atoms with E-state index in [1.807, 2.05) is 32.3 Å². The van der Waals surface area contributed by atoms with Crippen LogP contribution in [-0.4, -0.2) is 43.7 Å². The van der Waals surface area contributed by atoms with Gasteiger partial charge in [0.25, 0.3) is 0 Å². The van der Waals surface area contributed by atoms with Crippen LogP contribution in [0.5, 0.6) is 0 Å². The molecule has 0 spiro atoms. The molecule has 0 aromatic carbocycles. The van der Waals surface area contributed by atoms with Gasteiger partial charge in [0.15, 0.2) is 5.65 Å². The monoisotopic (exact) mass is 509 g/mol. The molecule has 2 aromatic heterocycles. The van der Waals surface area contributed by atoms with Crippen molar-refractivity contribution in [3.05, 3.63) is 10.0 Å². The Labute approximate surface area is 172 Å². The van der Waals surface area contributed by atoms with Gasteiger partial charge in [0.1, 0.15) is 15.6 Å². The first kappa shape index (κ1) is 20.9. The van der Waals surface area contributed by atoms with Crippen molar-refractivity contribution in [3.8, 4) is 0 Å². The van der Waals surface area contributed by atoms with E-state index in [9.17, 15) is 4.57 Å². The van der Waals surface area contributed by atoms with Crippen LogP contribution >= 0.6 is 30.2 Å². The van der Waals surface area contributed by atoms with Gasteiger partial charge in [0, 0.05) is 0 Å². The zero-order valence-electron chi connectivity index (χ0n) is 15.9. The van der Waals surface area contributed by atoms with E-state index in [0.29, 0.717) is 21.4 Å². The summed E-state index contributed by atoms with van der Waals surface area (Å²) >= 11 is 2.09. The van der Waals surface area contributed by atoms with E-state index in [2.05, 4.69) is 37.5 Å². The molecule has 150 valence electrons. The SMILES string of the molecule is CC(C)OP(=O)(COC1(Cn2cnc3c(I)nc(N)nc32)CC1)OC(C)C. The molecule has 1 saturated carbocycles. The van der Waals surface area contributed by atoms with Crippen LogP contribution < -0.4 is 5.73 Å². The van der Waals surface area contributed by atoms with Crippen molar-refractivity contribution in [2.45, 2.75) is 64.9 Å². The summed E-state index contributed by atoms with van der Waals surface area (Å²) in [6, 6.07) is 0. The molecule has 9 nitrogen and oxygen atoms in total. The van der Waals surface area contributed by atoms with Gasteiger partial charge in [-0.25, -0.2) is 9.97 Å². The molecule has 2 aromatic rings. The van der Waals surface area contributed by atoms with Crippen molar-refractivity contribution in [1.29, 1.82) is 0 Å². The number of rotatable bonds is 9. The quantitative estimate of drug-likeness (QED) is 0.310. The van der Waals surface area contributed by atoms with Gasteiger partial charge >= 0.3 is 7.60 Å². The summed E-state index contributed by atoms with van der Waals surface area (Å²) in [6.07, 6.45) is 2.91. The number of hydrogen-bond acceptors (Lipinski definition) is 8. The Hall–Kier alpha value is -0.810. The lowest BCUT2D eigenvalue weighted by Gasteiger charge is -2.25. The van der Waals surface area contributed by atoms with E-state index >= 15 is 0 Å². The lowest BCUT2D eigenvalue weighted by atomic mass is 10.3. The first-order valence-corrected chi connectivity index (χ1v) is 11.7. The number of nitrogens with two attached hydrogens (primary N) is 1. The Balaban J connectivity index is 1.73. The van der Waals surface area contributed by atoms with Crippen LogP contribution in [0.15, 0.2) is 6.33 Å². The molecule has 1 aliphatic rings. The smallest absolute Gasteiger partial charge is 0.356 e. The number of anilines is 1. The molecule has 0 amide bonds.